The summed E-state index contributed by atoms with van der Waals surface area (Å²) in [5, 5.41) is 10.8. The maximum Gasteiger partial charge on any atom is 0.416 e. The summed E-state index contributed by atoms with van der Waals surface area (Å²) in [6.45, 7) is 0. The van der Waals surface area contributed by atoms with Crippen molar-refractivity contribution in [3.05, 3.63) is 78.0 Å². The number of anilines is 1. The Bertz CT molecular complexity index is 769. The number of carbonyl (C=O) groups is 1. The summed E-state index contributed by atoms with van der Waals surface area (Å²) in [6, 6.07) is 12.7. The topological polar surface area (TPSA) is 40.5 Å². The zero-order chi connectivity index (χ0) is 17.4. The summed E-state index contributed by atoms with van der Waals surface area (Å²) in [7, 11) is 0. The van der Waals surface area contributed by atoms with E-state index in [0.29, 0.717) is 5.56 Å². The lowest BCUT2D eigenvalue weighted by Crippen LogP contribution is -2.47. The predicted molar refractivity (Wildman–Crippen MR) is 83.0 cm³/mol. The third kappa shape index (κ3) is 2.80. The molecule has 0 saturated heterocycles. The monoisotopic (exact) mass is 333 g/mol. The van der Waals surface area contributed by atoms with E-state index in [0.717, 1.165) is 17.0 Å². The van der Waals surface area contributed by atoms with Crippen LogP contribution in [0.1, 0.15) is 17.5 Å². The molecule has 1 amide bonds. The van der Waals surface area contributed by atoms with Crippen LogP contribution >= 0.6 is 0 Å². The highest BCUT2D eigenvalue weighted by Crippen LogP contribution is 2.35. The van der Waals surface area contributed by atoms with E-state index in [1.54, 1.807) is 36.4 Å². The molecule has 0 bridgehead atoms. The first kappa shape index (κ1) is 16.3. The molecule has 0 aliphatic carbocycles. The average molecular weight is 333 g/mol. The molecular weight excluding hydrogens is 319 g/mol. The Morgan fingerprint density at radius 1 is 1.00 bits per heavy atom. The summed E-state index contributed by atoms with van der Waals surface area (Å²) in [5.74, 6) is -0.601. The van der Waals surface area contributed by atoms with Gasteiger partial charge in [-0.25, -0.2) is 0 Å². The van der Waals surface area contributed by atoms with Crippen molar-refractivity contribution < 1.29 is 23.1 Å². The van der Waals surface area contributed by atoms with Gasteiger partial charge in [-0.3, -0.25) is 9.69 Å². The third-order valence-corrected chi connectivity index (χ3v) is 3.96. The van der Waals surface area contributed by atoms with Gasteiger partial charge in [-0.2, -0.15) is 13.2 Å². The maximum atomic E-state index is 12.7. The SMILES string of the molecule is O=C1N(c2ccc(C(F)(F)F)cc2)C=CC[C@@]1(O)c1ccccc1. The summed E-state index contributed by atoms with van der Waals surface area (Å²) >= 11 is 0. The van der Waals surface area contributed by atoms with Gasteiger partial charge in [-0.15, -0.1) is 0 Å². The van der Waals surface area contributed by atoms with Crippen molar-refractivity contribution >= 4 is 11.6 Å². The van der Waals surface area contributed by atoms with Gasteiger partial charge in [0.15, 0.2) is 5.60 Å². The fourth-order valence-corrected chi connectivity index (χ4v) is 2.65. The largest absolute Gasteiger partial charge is 0.416 e. The van der Waals surface area contributed by atoms with Crippen LogP contribution in [0.2, 0.25) is 0 Å². The molecule has 0 saturated carbocycles. The Balaban J connectivity index is 1.94. The number of hydrogen-bond acceptors (Lipinski definition) is 2. The first-order valence-corrected chi connectivity index (χ1v) is 7.28. The second-order valence-corrected chi connectivity index (χ2v) is 5.53. The molecule has 0 aromatic heterocycles. The number of amides is 1. The Kier molecular flexibility index (Phi) is 3.93. The molecule has 24 heavy (non-hydrogen) atoms. The molecule has 1 atom stereocenters. The van der Waals surface area contributed by atoms with Crippen LogP contribution < -0.4 is 4.90 Å². The van der Waals surface area contributed by atoms with Crippen LogP contribution in [0, 0.1) is 0 Å². The highest BCUT2D eigenvalue weighted by atomic mass is 19.4. The molecule has 3 rings (SSSR count). The van der Waals surface area contributed by atoms with Crippen LogP contribution in [-0.2, 0) is 16.6 Å². The van der Waals surface area contributed by atoms with Gasteiger partial charge >= 0.3 is 6.18 Å². The molecule has 1 aliphatic rings. The standard InChI is InChI=1S/C18H14F3NO2/c19-18(20,21)14-7-9-15(10-8-14)22-12-4-11-17(24,16(22)23)13-5-2-1-3-6-13/h1-10,12,24H,11H2/t17-/m1/s1. The first-order valence-electron chi connectivity index (χ1n) is 7.28. The Labute approximate surface area is 136 Å². The zero-order valence-corrected chi connectivity index (χ0v) is 12.5. The predicted octanol–water partition coefficient (Wildman–Crippen LogP) is 3.84. The zero-order valence-electron chi connectivity index (χ0n) is 12.5. The van der Waals surface area contributed by atoms with E-state index in [2.05, 4.69) is 0 Å². The van der Waals surface area contributed by atoms with Crippen LogP contribution in [-0.4, -0.2) is 11.0 Å². The Morgan fingerprint density at radius 2 is 1.62 bits per heavy atom. The van der Waals surface area contributed by atoms with E-state index in [4.69, 9.17) is 0 Å². The number of alkyl halides is 3. The van der Waals surface area contributed by atoms with Gasteiger partial charge in [-0.1, -0.05) is 36.4 Å². The first-order chi connectivity index (χ1) is 11.3. The lowest BCUT2D eigenvalue weighted by atomic mass is 9.87. The second-order valence-electron chi connectivity index (χ2n) is 5.53. The van der Waals surface area contributed by atoms with Crippen molar-refractivity contribution in [2.75, 3.05) is 4.90 Å². The number of halogens is 3. The Morgan fingerprint density at radius 3 is 2.21 bits per heavy atom. The number of rotatable bonds is 2. The van der Waals surface area contributed by atoms with Crippen molar-refractivity contribution in [2.45, 2.75) is 18.2 Å². The van der Waals surface area contributed by atoms with Crippen LogP contribution in [0.3, 0.4) is 0 Å². The number of carbonyl (C=O) groups excluding carboxylic acids is 1. The second kappa shape index (κ2) is 5.79. The van der Waals surface area contributed by atoms with Gasteiger partial charge in [0, 0.05) is 18.3 Å². The normalized spacial score (nSPS) is 21.2. The van der Waals surface area contributed by atoms with Crippen molar-refractivity contribution in [2.24, 2.45) is 0 Å². The van der Waals surface area contributed by atoms with Crippen molar-refractivity contribution in [1.29, 1.82) is 0 Å². The van der Waals surface area contributed by atoms with Crippen molar-refractivity contribution in [1.82, 2.24) is 0 Å². The maximum absolute atomic E-state index is 12.7. The Hall–Kier alpha value is -2.60. The van der Waals surface area contributed by atoms with E-state index < -0.39 is 23.2 Å². The van der Waals surface area contributed by atoms with E-state index in [-0.39, 0.29) is 12.1 Å². The summed E-state index contributed by atoms with van der Waals surface area (Å²) in [4.78, 5) is 13.9. The molecule has 1 aliphatic heterocycles. The highest BCUT2D eigenvalue weighted by Gasteiger charge is 2.42. The minimum Gasteiger partial charge on any atom is -0.375 e. The van der Waals surface area contributed by atoms with Gasteiger partial charge < -0.3 is 5.11 Å². The average Bonchev–Trinajstić information content (AvgIpc) is 2.58. The fourth-order valence-electron chi connectivity index (χ4n) is 2.65. The van der Waals surface area contributed by atoms with Gasteiger partial charge in [0.25, 0.3) is 5.91 Å². The minimum atomic E-state index is -4.44. The molecule has 1 heterocycles. The summed E-state index contributed by atoms with van der Waals surface area (Å²) in [6.07, 6.45) is -1.26. The fraction of sp³-hybridized carbons (Fsp3) is 0.167. The van der Waals surface area contributed by atoms with Crippen LogP contribution in [0.15, 0.2) is 66.9 Å². The van der Waals surface area contributed by atoms with Crippen LogP contribution in [0.5, 0.6) is 0 Å². The van der Waals surface area contributed by atoms with E-state index in [1.165, 1.54) is 18.3 Å². The lowest BCUT2D eigenvalue weighted by Gasteiger charge is -2.34. The molecule has 3 nitrogen and oxygen atoms in total. The molecular formula is C18H14F3NO2. The lowest BCUT2D eigenvalue weighted by molar-refractivity contribution is -0.137. The smallest absolute Gasteiger partial charge is 0.375 e. The van der Waals surface area contributed by atoms with Crippen LogP contribution in [0.25, 0.3) is 0 Å². The molecule has 124 valence electrons. The van der Waals surface area contributed by atoms with Gasteiger partial charge in [0.1, 0.15) is 0 Å². The van der Waals surface area contributed by atoms with Gasteiger partial charge in [0.2, 0.25) is 0 Å². The summed E-state index contributed by atoms with van der Waals surface area (Å²) in [5.41, 5.74) is -1.83. The number of hydrogen-bond donors (Lipinski definition) is 1. The molecule has 2 aromatic carbocycles. The van der Waals surface area contributed by atoms with E-state index >= 15 is 0 Å². The molecule has 2 aromatic rings. The molecule has 0 spiro atoms. The van der Waals surface area contributed by atoms with E-state index in [9.17, 15) is 23.1 Å². The quantitative estimate of drug-likeness (QED) is 0.907. The van der Waals surface area contributed by atoms with E-state index in [1.807, 2.05) is 0 Å². The molecule has 0 radical (unpaired) electrons. The van der Waals surface area contributed by atoms with Gasteiger partial charge in [-0.05, 0) is 29.8 Å². The van der Waals surface area contributed by atoms with Gasteiger partial charge in [0.05, 0.1) is 5.56 Å². The minimum absolute atomic E-state index is 0.104. The molecule has 0 unspecified atom stereocenters. The number of nitrogens with zero attached hydrogens (tertiary/aromatic N) is 1. The number of benzene rings is 2. The van der Waals surface area contributed by atoms with Crippen molar-refractivity contribution in [3.8, 4) is 0 Å². The third-order valence-electron chi connectivity index (χ3n) is 3.96. The molecule has 6 heteroatoms. The molecule has 1 N–H and O–H groups in total. The molecule has 0 fully saturated rings. The highest BCUT2D eigenvalue weighted by molar-refractivity contribution is 6.02. The summed E-state index contributed by atoms with van der Waals surface area (Å²) < 4.78 is 37.9. The van der Waals surface area contributed by atoms with Crippen LogP contribution in [0.4, 0.5) is 18.9 Å². The van der Waals surface area contributed by atoms with Crippen molar-refractivity contribution in [3.63, 3.8) is 0 Å². The number of aliphatic hydroxyl groups is 1.